The van der Waals surface area contributed by atoms with Crippen LogP contribution in [0.25, 0.3) is 0 Å². The van der Waals surface area contributed by atoms with Crippen molar-refractivity contribution in [3.8, 4) is 0 Å². The van der Waals surface area contributed by atoms with Crippen molar-refractivity contribution >= 4 is 11.3 Å². The molecule has 2 nitrogen and oxygen atoms in total. The van der Waals surface area contributed by atoms with Gasteiger partial charge in [0.05, 0.1) is 12.7 Å². The van der Waals surface area contributed by atoms with Gasteiger partial charge in [-0.3, -0.25) is 0 Å². The second kappa shape index (κ2) is 6.53. The van der Waals surface area contributed by atoms with Gasteiger partial charge >= 0.3 is 0 Å². The third kappa shape index (κ3) is 3.80. The van der Waals surface area contributed by atoms with Crippen LogP contribution in [-0.2, 0) is 17.9 Å². The Hall–Kier alpha value is -0.380. The third-order valence-corrected chi connectivity index (χ3v) is 4.42. The lowest BCUT2D eigenvalue weighted by Gasteiger charge is -2.25. The van der Waals surface area contributed by atoms with Crippen molar-refractivity contribution in [3.05, 3.63) is 21.4 Å². The molecule has 1 fully saturated rings. The Labute approximate surface area is 108 Å². The second-order valence-electron chi connectivity index (χ2n) is 4.83. The van der Waals surface area contributed by atoms with E-state index in [1.54, 1.807) is 0 Å². The number of nitrogens with one attached hydrogen (secondary N) is 1. The number of ether oxygens (including phenoxy) is 1. The first-order valence-corrected chi connectivity index (χ1v) is 7.51. The quantitative estimate of drug-likeness (QED) is 0.749. The minimum Gasteiger partial charge on any atom is -0.374 e. The Kier molecular flexibility index (Phi) is 5.01. The summed E-state index contributed by atoms with van der Waals surface area (Å²) in [5.41, 5.74) is 1.38. The number of hydrogen-bond donors (Lipinski definition) is 1. The van der Waals surface area contributed by atoms with Crippen LogP contribution in [0.15, 0.2) is 6.07 Å². The van der Waals surface area contributed by atoms with E-state index in [1.807, 2.05) is 11.3 Å². The van der Waals surface area contributed by atoms with E-state index >= 15 is 0 Å². The maximum Gasteiger partial charge on any atom is 0.0731 e. The fourth-order valence-electron chi connectivity index (χ4n) is 1.95. The summed E-state index contributed by atoms with van der Waals surface area (Å²) < 4.78 is 5.87. The van der Waals surface area contributed by atoms with Crippen LogP contribution in [-0.4, -0.2) is 12.6 Å². The summed E-state index contributed by atoms with van der Waals surface area (Å²) in [4.78, 5) is 2.85. The maximum absolute atomic E-state index is 5.87. The molecule has 1 N–H and O–H groups in total. The first kappa shape index (κ1) is 13.1. The molecule has 96 valence electrons. The van der Waals surface area contributed by atoms with E-state index in [9.17, 15) is 0 Å². The first-order valence-electron chi connectivity index (χ1n) is 6.70. The zero-order valence-electron chi connectivity index (χ0n) is 10.9. The highest BCUT2D eigenvalue weighted by molar-refractivity contribution is 7.12. The van der Waals surface area contributed by atoms with Crippen LogP contribution in [0.5, 0.6) is 0 Å². The Bertz CT molecular complexity index is 344. The Morgan fingerprint density at radius 3 is 2.94 bits per heavy atom. The summed E-state index contributed by atoms with van der Waals surface area (Å²) in [6, 6.07) is 2.31. The third-order valence-electron chi connectivity index (χ3n) is 3.32. The number of rotatable bonds is 7. The van der Waals surface area contributed by atoms with Crippen LogP contribution in [0.3, 0.4) is 0 Å². The normalized spacial score (nSPS) is 16.1. The minimum atomic E-state index is 0.538. The van der Waals surface area contributed by atoms with E-state index in [4.69, 9.17) is 4.74 Å². The topological polar surface area (TPSA) is 21.3 Å². The lowest BCUT2D eigenvalue weighted by molar-refractivity contribution is -0.00871. The molecule has 2 rings (SSSR count). The molecule has 0 aromatic carbocycles. The van der Waals surface area contributed by atoms with Crippen LogP contribution in [0, 0.1) is 6.92 Å². The zero-order valence-corrected chi connectivity index (χ0v) is 11.7. The molecule has 0 unspecified atom stereocenters. The molecule has 3 heteroatoms. The van der Waals surface area contributed by atoms with Crippen molar-refractivity contribution < 1.29 is 4.74 Å². The van der Waals surface area contributed by atoms with Gasteiger partial charge in [-0.1, -0.05) is 6.92 Å². The maximum atomic E-state index is 5.87. The first-order chi connectivity index (χ1) is 8.29. The molecule has 1 aromatic heterocycles. The fourth-order valence-corrected chi connectivity index (χ4v) is 2.97. The van der Waals surface area contributed by atoms with Crippen LogP contribution in [0.1, 0.15) is 47.9 Å². The van der Waals surface area contributed by atoms with E-state index in [-0.39, 0.29) is 0 Å². The summed E-state index contributed by atoms with van der Waals surface area (Å²) in [5.74, 6) is 0. The minimum absolute atomic E-state index is 0.538. The van der Waals surface area contributed by atoms with Crippen LogP contribution in [0.2, 0.25) is 0 Å². The molecule has 0 aliphatic heterocycles. The molecule has 0 saturated heterocycles. The van der Waals surface area contributed by atoms with Crippen molar-refractivity contribution in [2.75, 3.05) is 6.54 Å². The lowest BCUT2D eigenvalue weighted by atomic mass is 9.96. The van der Waals surface area contributed by atoms with Crippen molar-refractivity contribution in [1.82, 2.24) is 5.32 Å². The highest BCUT2D eigenvalue weighted by Crippen LogP contribution is 2.26. The lowest BCUT2D eigenvalue weighted by Crippen LogP contribution is -2.21. The van der Waals surface area contributed by atoms with Gasteiger partial charge in [0, 0.05) is 16.3 Å². The van der Waals surface area contributed by atoms with Crippen molar-refractivity contribution in [3.63, 3.8) is 0 Å². The predicted molar refractivity (Wildman–Crippen MR) is 73.5 cm³/mol. The van der Waals surface area contributed by atoms with Gasteiger partial charge in [0.2, 0.25) is 0 Å². The van der Waals surface area contributed by atoms with Gasteiger partial charge in [0.1, 0.15) is 0 Å². The SMILES string of the molecule is CCCNCc1cc(COC2CCC2)c(C)s1. The molecular weight excluding hydrogens is 230 g/mol. The largest absolute Gasteiger partial charge is 0.374 e. The van der Waals surface area contributed by atoms with E-state index < -0.39 is 0 Å². The second-order valence-corrected chi connectivity index (χ2v) is 6.18. The van der Waals surface area contributed by atoms with Crippen LogP contribution >= 0.6 is 11.3 Å². The highest BCUT2D eigenvalue weighted by Gasteiger charge is 2.18. The molecule has 0 spiro atoms. The van der Waals surface area contributed by atoms with E-state index in [2.05, 4.69) is 25.2 Å². The fraction of sp³-hybridized carbons (Fsp3) is 0.714. The van der Waals surface area contributed by atoms with Gasteiger partial charge in [-0.15, -0.1) is 11.3 Å². The molecule has 0 atom stereocenters. The smallest absolute Gasteiger partial charge is 0.0731 e. The van der Waals surface area contributed by atoms with Gasteiger partial charge < -0.3 is 10.1 Å². The van der Waals surface area contributed by atoms with E-state index in [0.717, 1.165) is 19.7 Å². The van der Waals surface area contributed by atoms with Crippen LogP contribution < -0.4 is 5.32 Å². The summed E-state index contributed by atoms with van der Waals surface area (Å²) in [6.45, 7) is 7.31. The zero-order chi connectivity index (χ0) is 12.1. The predicted octanol–water partition coefficient (Wildman–Crippen LogP) is 3.63. The monoisotopic (exact) mass is 253 g/mol. The Morgan fingerprint density at radius 2 is 2.29 bits per heavy atom. The van der Waals surface area contributed by atoms with Crippen LogP contribution in [0.4, 0.5) is 0 Å². The molecule has 1 aliphatic carbocycles. The molecule has 17 heavy (non-hydrogen) atoms. The van der Waals surface area contributed by atoms with Gasteiger partial charge in [-0.05, 0) is 50.8 Å². The standard InChI is InChI=1S/C14H23NOS/c1-3-7-15-9-14-8-12(11(2)17-14)10-16-13-5-4-6-13/h8,13,15H,3-7,9-10H2,1-2H3. The summed E-state index contributed by atoms with van der Waals surface area (Å²) in [5, 5.41) is 3.45. The molecule has 0 radical (unpaired) electrons. The Balaban J connectivity index is 1.79. The average molecular weight is 253 g/mol. The van der Waals surface area contributed by atoms with Gasteiger partial charge in [0.25, 0.3) is 0 Å². The summed E-state index contributed by atoms with van der Waals surface area (Å²) in [7, 11) is 0. The van der Waals surface area contributed by atoms with E-state index in [0.29, 0.717) is 6.10 Å². The number of aryl methyl sites for hydroxylation is 1. The highest BCUT2D eigenvalue weighted by atomic mass is 32.1. The Morgan fingerprint density at radius 1 is 1.47 bits per heavy atom. The molecule has 1 saturated carbocycles. The summed E-state index contributed by atoms with van der Waals surface area (Å²) in [6.07, 6.45) is 5.60. The van der Waals surface area contributed by atoms with Crippen molar-refractivity contribution in [2.24, 2.45) is 0 Å². The molecule has 1 aromatic rings. The number of thiophene rings is 1. The average Bonchev–Trinajstić information content (AvgIpc) is 2.58. The van der Waals surface area contributed by atoms with Gasteiger partial charge in [0.15, 0.2) is 0 Å². The van der Waals surface area contributed by atoms with Crippen molar-refractivity contribution in [1.29, 1.82) is 0 Å². The van der Waals surface area contributed by atoms with Crippen molar-refractivity contribution in [2.45, 2.75) is 58.8 Å². The summed E-state index contributed by atoms with van der Waals surface area (Å²) >= 11 is 1.90. The molecule has 0 amide bonds. The van der Waals surface area contributed by atoms with E-state index in [1.165, 1.54) is 41.0 Å². The van der Waals surface area contributed by atoms with Gasteiger partial charge in [-0.2, -0.15) is 0 Å². The molecule has 1 heterocycles. The molecule has 0 bridgehead atoms. The van der Waals surface area contributed by atoms with Gasteiger partial charge in [-0.25, -0.2) is 0 Å². The number of hydrogen-bond acceptors (Lipinski definition) is 3. The molecule has 1 aliphatic rings. The molecular formula is C14H23NOS.